The molecule has 0 aliphatic heterocycles. The highest BCUT2D eigenvalue weighted by molar-refractivity contribution is 6.30. The second kappa shape index (κ2) is 6.33. The van der Waals surface area contributed by atoms with Crippen LogP contribution in [0.3, 0.4) is 0 Å². The molecule has 2 heterocycles. The number of nitrogens with zero attached hydrogens (tertiary/aromatic N) is 5. The topological polar surface area (TPSA) is 80.9 Å². The minimum absolute atomic E-state index is 0.272. The van der Waals surface area contributed by atoms with Gasteiger partial charge in [-0.25, -0.2) is 9.50 Å². The molecule has 4 aromatic rings. The molecule has 0 fully saturated rings. The van der Waals surface area contributed by atoms with Gasteiger partial charge >= 0.3 is 0 Å². The molecule has 0 saturated carbocycles. The van der Waals surface area contributed by atoms with E-state index in [1.54, 1.807) is 35.0 Å². The van der Waals surface area contributed by atoms with E-state index in [0.29, 0.717) is 22.0 Å². The minimum Gasteiger partial charge on any atom is -0.380 e. The first-order valence-electron chi connectivity index (χ1n) is 7.58. The first-order valence-corrected chi connectivity index (χ1v) is 7.96. The number of azo groups is 1. The van der Waals surface area contributed by atoms with Gasteiger partial charge in [0.2, 0.25) is 0 Å². The molecule has 2 aromatic heterocycles. The van der Waals surface area contributed by atoms with Crippen LogP contribution < -0.4 is 5.73 Å². The summed E-state index contributed by atoms with van der Waals surface area (Å²) in [5.74, 6) is 0.272. The number of rotatable bonds is 3. The Hall–Kier alpha value is -3.25. The van der Waals surface area contributed by atoms with Crippen LogP contribution in [0, 0.1) is 0 Å². The van der Waals surface area contributed by atoms with E-state index in [0.717, 1.165) is 11.3 Å². The lowest BCUT2D eigenvalue weighted by Crippen LogP contribution is -1.95. The summed E-state index contributed by atoms with van der Waals surface area (Å²) in [6.45, 7) is 0. The average molecular weight is 349 g/mol. The van der Waals surface area contributed by atoms with Gasteiger partial charge < -0.3 is 5.73 Å². The summed E-state index contributed by atoms with van der Waals surface area (Å²) in [6.07, 6.45) is 1.71. The van der Waals surface area contributed by atoms with Crippen molar-refractivity contribution in [3.8, 4) is 11.3 Å². The number of anilines is 1. The zero-order valence-corrected chi connectivity index (χ0v) is 13.8. The molecule has 0 bridgehead atoms. The van der Waals surface area contributed by atoms with Crippen LogP contribution in [0.1, 0.15) is 0 Å². The molecule has 122 valence electrons. The summed E-state index contributed by atoms with van der Waals surface area (Å²) >= 11 is 5.87. The third-order valence-corrected chi connectivity index (χ3v) is 3.93. The molecule has 0 atom stereocenters. The molecule has 0 unspecified atom stereocenters. The Morgan fingerprint density at radius 1 is 0.920 bits per heavy atom. The average Bonchev–Trinajstić information content (AvgIpc) is 2.97. The lowest BCUT2D eigenvalue weighted by molar-refractivity contribution is 0.953. The first-order chi connectivity index (χ1) is 12.2. The van der Waals surface area contributed by atoms with Crippen molar-refractivity contribution in [3.63, 3.8) is 0 Å². The molecule has 0 amide bonds. The summed E-state index contributed by atoms with van der Waals surface area (Å²) in [7, 11) is 0. The van der Waals surface area contributed by atoms with Crippen LogP contribution >= 0.6 is 11.6 Å². The van der Waals surface area contributed by atoms with Crippen LogP contribution in [-0.2, 0) is 0 Å². The monoisotopic (exact) mass is 348 g/mol. The Labute approximate surface area is 148 Å². The predicted molar refractivity (Wildman–Crippen MR) is 98.5 cm³/mol. The van der Waals surface area contributed by atoms with Crippen molar-refractivity contribution in [1.29, 1.82) is 0 Å². The van der Waals surface area contributed by atoms with E-state index >= 15 is 0 Å². The van der Waals surface area contributed by atoms with Gasteiger partial charge in [0.1, 0.15) is 0 Å². The largest absolute Gasteiger partial charge is 0.380 e. The van der Waals surface area contributed by atoms with Crippen LogP contribution in [0.25, 0.3) is 16.9 Å². The standard InChI is InChI=1S/C18H13ClN6/c19-13-6-8-14(9-7-13)22-23-16-17(20)24-25-15(10-11-21-18(16)25)12-4-2-1-3-5-12/h1-11H,(H2,20,24). The second-order valence-electron chi connectivity index (χ2n) is 5.34. The van der Waals surface area contributed by atoms with Gasteiger partial charge in [-0.3, -0.25) is 0 Å². The van der Waals surface area contributed by atoms with E-state index in [2.05, 4.69) is 20.3 Å². The number of fused-ring (bicyclic) bond motifs is 1. The predicted octanol–water partition coefficient (Wildman–Crippen LogP) is 5.05. The Balaban J connectivity index is 1.80. The number of aromatic nitrogens is 3. The van der Waals surface area contributed by atoms with Gasteiger partial charge in [-0.1, -0.05) is 41.9 Å². The smallest absolute Gasteiger partial charge is 0.185 e. The number of halogens is 1. The van der Waals surface area contributed by atoms with Gasteiger partial charge in [-0.2, -0.15) is 5.11 Å². The van der Waals surface area contributed by atoms with Crippen molar-refractivity contribution in [2.75, 3.05) is 5.73 Å². The number of benzene rings is 2. The lowest BCUT2D eigenvalue weighted by Gasteiger charge is -2.03. The molecule has 2 N–H and O–H groups in total. The van der Waals surface area contributed by atoms with E-state index in [4.69, 9.17) is 17.3 Å². The SMILES string of the molecule is Nc1nn2c(-c3ccccc3)ccnc2c1N=Nc1ccc(Cl)cc1. The van der Waals surface area contributed by atoms with Crippen LogP contribution in [0.15, 0.2) is 77.1 Å². The maximum absolute atomic E-state index is 6.04. The molecule has 25 heavy (non-hydrogen) atoms. The first kappa shape index (κ1) is 15.3. The fourth-order valence-electron chi connectivity index (χ4n) is 2.49. The van der Waals surface area contributed by atoms with E-state index in [1.807, 2.05) is 36.4 Å². The quantitative estimate of drug-likeness (QED) is 0.526. The van der Waals surface area contributed by atoms with Gasteiger partial charge in [0, 0.05) is 16.8 Å². The second-order valence-corrected chi connectivity index (χ2v) is 5.78. The highest BCUT2D eigenvalue weighted by Crippen LogP contribution is 2.31. The summed E-state index contributed by atoms with van der Waals surface area (Å²) in [4.78, 5) is 4.36. The lowest BCUT2D eigenvalue weighted by atomic mass is 10.1. The molecule has 6 nitrogen and oxygen atoms in total. The van der Waals surface area contributed by atoms with E-state index in [-0.39, 0.29) is 5.82 Å². The van der Waals surface area contributed by atoms with Crippen LogP contribution in [-0.4, -0.2) is 14.6 Å². The Bertz CT molecular complexity index is 1050. The van der Waals surface area contributed by atoms with Gasteiger partial charge in [0.05, 0.1) is 11.4 Å². The highest BCUT2D eigenvalue weighted by Gasteiger charge is 2.14. The number of nitrogen functional groups attached to an aromatic ring is 1. The third-order valence-electron chi connectivity index (χ3n) is 3.68. The van der Waals surface area contributed by atoms with Crippen molar-refractivity contribution in [2.45, 2.75) is 0 Å². The van der Waals surface area contributed by atoms with Crippen LogP contribution in [0.5, 0.6) is 0 Å². The summed E-state index contributed by atoms with van der Waals surface area (Å²) < 4.78 is 1.68. The summed E-state index contributed by atoms with van der Waals surface area (Å²) in [6, 6.07) is 18.8. The molecule has 4 rings (SSSR count). The molecule has 2 aromatic carbocycles. The Morgan fingerprint density at radius 2 is 1.68 bits per heavy atom. The van der Waals surface area contributed by atoms with E-state index in [9.17, 15) is 0 Å². The summed E-state index contributed by atoms with van der Waals surface area (Å²) in [5.41, 5.74) is 9.59. The van der Waals surface area contributed by atoms with Crippen molar-refractivity contribution in [2.24, 2.45) is 10.2 Å². The molecular formula is C18H13ClN6. The van der Waals surface area contributed by atoms with E-state index in [1.165, 1.54) is 0 Å². The van der Waals surface area contributed by atoms with Crippen LogP contribution in [0.4, 0.5) is 17.2 Å². The van der Waals surface area contributed by atoms with Crippen molar-refractivity contribution in [3.05, 3.63) is 71.9 Å². The molecule has 0 spiro atoms. The normalized spacial score (nSPS) is 11.4. The van der Waals surface area contributed by atoms with Crippen LogP contribution in [0.2, 0.25) is 5.02 Å². The maximum atomic E-state index is 6.04. The van der Waals surface area contributed by atoms with Crippen molar-refractivity contribution < 1.29 is 0 Å². The zero-order chi connectivity index (χ0) is 17.2. The maximum Gasteiger partial charge on any atom is 0.185 e. The van der Waals surface area contributed by atoms with Gasteiger partial charge in [-0.05, 0) is 30.3 Å². The third kappa shape index (κ3) is 2.95. The molecule has 0 saturated heterocycles. The van der Waals surface area contributed by atoms with Gasteiger partial charge in [-0.15, -0.1) is 10.2 Å². The Morgan fingerprint density at radius 3 is 2.44 bits per heavy atom. The molecule has 0 aliphatic carbocycles. The molecule has 7 heteroatoms. The fraction of sp³-hybridized carbons (Fsp3) is 0. The van der Waals surface area contributed by atoms with Crippen molar-refractivity contribution >= 4 is 34.4 Å². The Kier molecular flexibility index (Phi) is 3.87. The minimum atomic E-state index is 0.272. The number of nitrogens with two attached hydrogens (primary N) is 1. The van der Waals surface area contributed by atoms with Gasteiger partial charge in [0.15, 0.2) is 17.2 Å². The fourth-order valence-corrected chi connectivity index (χ4v) is 2.62. The van der Waals surface area contributed by atoms with Gasteiger partial charge in [0.25, 0.3) is 0 Å². The van der Waals surface area contributed by atoms with Crippen molar-refractivity contribution in [1.82, 2.24) is 14.6 Å². The molecule has 0 radical (unpaired) electrons. The van der Waals surface area contributed by atoms with E-state index < -0.39 is 0 Å². The number of hydrogen-bond acceptors (Lipinski definition) is 5. The summed E-state index contributed by atoms with van der Waals surface area (Å²) in [5, 5.41) is 13.5. The molecule has 0 aliphatic rings. The number of hydrogen-bond donors (Lipinski definition) is 1. The zero-order valence-electron chi connectivity index (χ0n) is 13.0. The highest BCUT2D eigenvalue weighted by atomic mass is 35.5. The molecular weight excluding hydrogens is 336 g/mol.